The van der Waals surface area contributed by atoms with Crippen molar-refractivity contribution in [2.24, 2.45) is 5.73 Å². The zero-order chi connectivity index (χ0) is 11.3. The zero-order valence-electron chi connectivity index (χ0n) is 9.92. The van der Waals surface area contributed by atoms with Crippen molar-refractivity contribution in [2.75, 3.05) is 13.2 Å². The smallest absolute Gasteiger partial charge is 0.0486 e. The first kappa shape index (κ1) is 12.2. The molecule has 0 aliphatic carbocycles. The third-order valence-electron chi connectivity index (χ3n) is 2.68. The Morgan fingerprint density at radius 2 is 1.87 bits per heavy atom. The molecule has 0 aliphatic heterocycles. The average Bonchev–Trinajstić information content (AvgIpc) is 2.18. The maximum absolute atomic E-state index is 6.25. The fourth-order valence-electron chi connectivity index (χ4n) is 1.51. The summed E-state index contributed by atoms with van der Waals surface area (Å²) in [6.07, 6.45) is 0.851. The molecule has 0 heterocycles. The van der Waals surface area contributed by atoms with Gasteiger partial charge in [0.25, 0.3) is 0 Å². The van der Waals surface area contributed by atoms with E-state index in [1.54, 1.807) is 0 Å². The maximum Gasteiger partial charge on any atom is 0.0486 e. The van der Waals surface area contributed by atoms with Crippen molar-refractivity contribution in [3.8, 4) is 0 Å². The molecule has 1 aromatic rings. The summed E-state index contributed by atoms with van der Waals surface area (Å²) >= 11 is 0. The largest absolute Gasteiger partial charge is 0.382 e. The number of nitrogens with two attached hydrogens (primary N) is 1. The topological polar surface area (TPSA) is 35.2 Å². The number of aryl methyl sites for hydroxylation is 1. The van der Waals surface area contributed by atoms with Crippen molar-refractivity contribution in [2.45, 2.75) is 32.7 Å². The predicted octanol–water partition coefficient (Wildman–Crippen LogP) is 2.60. The normalized spacial score (nSPS) is 14.9. The van der Waals surface area contributed by atoms with E-state index in [-0.39, 0.29) is 5.54 Å². The summed E-state index contributed by atoms with van der Waals surface area (Å²) in [7, 11) is 0. The third kappa shape index (κ3) is 3.65. The van der Waals surface area contributed by atoms with E-state index in [0.717, 1.165) is 19.6 Å². The molecule has 1 unspecified atom stereocenters. The Labute approximate surface area is 92.4 Å². The lowest BCUT2D eigenvalue weighted by molar-refractivity contribution is 0.128. The van der Waals surface area contributed by atoms with Crippen LogP contribution in [0.2, 0.25) is 0 Å². The Morgan fingerprint density at radius 3 is 2.40 bits per heavy atom. The Balaban J connectivity index is 2.63. The number of hydrogen-bond acceptors (Lipinski definition) is 2. The lowest BCUT2D eigenvalue weighted by Crippen LogP contribution is -2.34. The summed E-state index contributed by atoms with van der Waals surface area (Å²) in [5, 5.41) is 0. The highest BCUT2D eigenvalue weighted by molar-refractivity contribution is 5.26. The first-order valence-electron chi connectivity index (χ1n) is 5.50. The zero-order valence-corrected chi connectivity index (χ0v) is 9.92. The number of hydrogen-bond donors (Lipinski definition) is 1. The van der Waals surface area contributed by atoms with Crippen LogP contribution in [0, 0.1) is 6.92 Å². The molecule has 1 rings (SSSR count). The van der Waals surface area contributed by atoms with Gasteiger partial charge < -0.3 is 10.5 Å². The summed E-state index contributed by atoms with van der Waals surface area (Å²) in [4.78, 5) is 0. The number of benzene rings is 1. The molecule has 2 N–H and O–H groups in total. The summed E-state index contributed by atoms with van der Waals surface area (Å²) in [6.45, 7) is 7.61. The minimum Gasteiger partial charge on any atom is -0.382 e. The van der Waals surface area contributed by atoms with Crippen LogP contribution >= 0.6 is 0 Å². The third-order valence-corrected chi connectivity index (χ3v) is 2.68. The summed E-state index contributed by atoms with van der Waals surface area (Å²) in [6, 6.07) is 8.39. The maximum atomic E-state index is 6.25. The van der Waals surface area contributed by atoms with E-state index in [4.69, 9.17) is 10.5 Å². The van der Waals surface area contributed by atoms with Crippen LogP contribution in [0.4, 0.5) is 0 Å². The van der Waals surface area contributed by atoms with E-state index in [0.29, 0.717) is 0 Å². The van der Waals surface area contributed by atoms with Crippen LogP contribution in [0.25, 0.3) is 0 Å². The highest BCUT2D eigenvalue weighted by Crippen LogP contribution is 2.21. The second kappa shape index (κ2) is 5.29. The average molecular weight is 207 g/mol. The van der Waals surface area contributed by atoms with Crippen LogP contribution in [0.15, 0.2) is 24.3 Å². The molecule has 0 amide bonds. The van der Waals surface area contributed by atoms with Crippen molar-refractivity contribution in [1.29, 1.82) is 0 Å². The van der Waals surface area contributed by atoms with Gasteiger partial charge in [0.05, 0.1) is 0 Å². The molecule has 0 radical (unpaired) electrons. The molecule has 1 atom stereocenters. The van der Waals surface area contributed by atoms with Crippen molar-refractivity contribution in [1.82, 2.24) is 0 Å². The Morgan fingerprint density at radius 1 is 1.27 bits per heavy atom. The van der Waals surface area contributed by atoms with E-state index < -0.39 is 0 Å². The number of rotatable bonds is 5. The van der Waals surface area contributed by atoms with E-state index in [1.165, 1.54) is 11.1 Å². The van der Waals surface area contributed by atoms with Gasteiger partial charge in [-0.3, -0.25) is 0 Å². The van der Waals surface area contributed by atoms with Gasteiger partial charge in [-0.1, -0.05) is 29.8 Å². The standard InChI is InChI=1S/C13H21NO/c1-4-15-10-9-13(3,14)12-7-5-11(2)6-8-12/h5-8H,4,9-10,14H2,1-3H3. The second-order valence-electron chi connectivity index (χ2n) is 4.23. The molecule has 0 saturated carbocycles. The van der Waals surface area contributed by atoms with Gasteiger partial charge in [0.15, 0.2) is 0 Å². The second-order valence-corrected chi connectivity index (χ2v) is 4.23. The molecule has 0 saturated heterocycles. The van der Waals surface area contributed by atoms with E-state index >= 15 is 0 Å². The molecular weight excluding hydrogens is 186 g/mol. The molecular formula is C13H21NO. The van der Waals surface area contributed by atoms with Crippen LogP contribution in [0.5, 0.6) is 0 Å². The number of ether oxygens (including phenoxy) is 1. The molecule has 0 aliphatic rings. The molecule has 84 valence electrons. The Kier molecular flexibility index (Phi) is 4.30. The molecule has 2 nitrogen and oxygen atoms in total. The van der Waals surface area contributed by atoms with Crippen molar-refractivity contribution < 1.29 is 4.74 Å². The Hall–Kier alpha value is -0.860. The molecule has 0 aromatic heterocycles. The van der Waals surface area contributed by atoms with Crippen molar-refractivity contribution >= 4 is 0 Å². The molecule has 1 aromatic carbocycles. The van der Waals surface area contributed by atoms with Gasteiger partial charge in [-0.15, -0.1) is 0 Å². The predicted molar refractivity (Wildman–Crippen MR) is 63.8 cm³/mol. The molecule has 0 bridgehead atoms. The molecule has 2 heteroatoms. The van der Waals surface area contributed by atoms with E-state index in [9.17, 15) is 0 Å². The van der Waals surface area contributed by atoms with Gasteiger partial charge in [0.2, 0.25) is 0 Å². The van der Waals surface area contributed by atoms with Gasteiger partial charge in [-0.25, -0.2) is 0 Å². The summed E-state index contributed by atoms with van der Waals surface area (Å²) in [5.41, 5.74) is 8.40. The monoisotopic (exact) mass is 207 g/mol. The Bertz CT molecular complexity index is 290. The van der Waals surface area contributed by atoms with E-state index in [1.807, 2.05) is 6.92 Å². The van der Waals surface area contributed by atoms with Crippen LogP contribution in [0.1, 0.15) is 31.4 Å². The fraction of sp³-hybridized carbons (Fsp3) is 0.538. The summed E-state index contributed by atoms with van der Waals surface area (Å²) in [5.74, 6) is 0. The molecule has 15 heavy (non-hydrogen) atoms. The van der Waals surface area contributed by atoms with Crippen LogP contribution in [0.3, 0.4) is 0 Å². The van der Waals surface area contributed by atoms with Gasteiger partial charge >= 0.3 is 0 Å². The summed E-state index contributed by atoms with van der Waals surface area (Å²) < 4.78 is 5.33. The van der Waals surface area contributed by atoms with Crippen LogP contribution in [-0.4, -0.2) is 13.2 Å². The molecule has 0 spiro atoms. The molecule has 0 fully saturated rings. The lowest BCUT2D eigenvalue weighted by atomic mass is 9.90. The van der Waals surface area contributed by atoms with Crippen LogP contribution < -0.4 is 5.73 Å². The lowest BCUT2D eigenvalue weighted by Gasteiger charge is -2.25. The quantitative estimate of drug-likeness (QED) is 0.753. The van der Waals surface area contributed by atoms with Gasteiger partial charge in [0, 0.05) is 18.8 Å². The van der Waals surface area contributed by atoms with E-state index in [2.05, 4.69) is 38.1 Å². The highest BCUT2D eigenvalue weighted by atomic mass is 16.5. The fourth-order valence-corrected chi connectivity index (χ4v) is 1.51. The van der Waals surface area contributed by atoms with Gasteiger partial charge in [-0.05, 0) is 32.8 Å². The van der Waals surface area contributed by atoms with Gasteiger partial charge in [0.1, 0.15) is 0 Å². The van der Waals surface area contributed by atoms with Crippen molar-refractivity contribution in [3.63, 3.8) is 0 Å². The highest BCUT2D eigenvalue weighted by Gasteiger charge is 2.20. The first-order chi connectivity index (χ1) is 7.06. The SMILES string of the molecule is CCOCCC(C)(N)c1ccc(C)cc1. The van der Waals surface area contributed by atoms with Crippen LogP contribution in [-0.2, 0) is 10.3 Å². The van der Waals surface area contributed by atoms with Crippen molar-refractivity contribution in [3.05, 3.63) is 35.4 Å². The first-order valence-corrected chi connectivity index (χ1v) is 5.50. The minimum absolute atomic E-state index is 0.289. The van der Waals surface area contributed by atoms with Gasteiger partial charge in [-0.2, -0.15) is 0 Å². The minimum atomic E-state index is -0.289.